The lowest BCUT2D eigenvalue weighted by atomic mass is 9.87. The molecule has 205 valence electrons. The molecule has 0 aromatic heterocycles. The van der Waals surface area contributed by atoms with Gasteiger partial charge in [0, 0.05) is 0 Å². The quantitative estimate of drug-likeness (QED) is 0.276. The van der Waals surface area contributed by atoms with Crippen molar-refractivity contribution in [3.63, 3.8) is 0 Å². The molecular weight excluding hydrogens is 569 g/mol. The van der Waals surface area contributed by atoms with Crippen molar-refractivity contribution >= 4 is 0 Å². The maximum absolute atomic E-state index is 13.1. The van der Waals surface area contributed by atoms with Crippen LogP contribution in [-0.4, -0.2) is 59.7 Å². The molecule has 23 heteroatoms. The van der Waals surface area contributed by atoms with Gasteiger partial charge in [0.25, 0.3) is 0 Å². The molecule has 0 N–H and O–H groups in total. The maximum Gasteiger partial charge on any atom is 0.460 e. The van der Waals surface area contributed by atoms with Crippen LogP contribution in [0.15, 0.2) is 0 Å². The van der Waals surface area contributed by atoms with Crippen molar-refractivity contribution in [3.05, 3.63) is 7.18 Å². The van der Waals surface area contributed by atoms with E-state index in [1.807, 2.05) is 0 Å². The van der Waals surface area contributed by atoms with Gasteiger partial charge < -0.3 is 0 Å². The topological polar surface area (TPSA) is 0 Å². The third-order valence-corrected chi connectivity index (χ3v) is 3.47. The molecule has 0 aliphatic heterocycles. The fourth-order valence-electron chi connectivity index (χ4n) is 1.54. The molecule has 0 bridgehead atoms. The van der Waals surface area contributed by atoms with Crippen LogP contribution in [0.2, 0.25) is 0 Å². The van der Waals surface area contributed by atoms with E-state index in [1.54, 1.807) is 0 Å². The van der Waals surface area contributed by atoms with E-state index in [-0.39, 0.29) is 0 Å². The van der Waals surface area contributed by atoms with E-state index in [4.69, 9.17) is 4.39 Å². The summed E-state index contributed by atoms with van der Waals surface area (Å²) in [6, 6.07) is 0. The summed E-state index contributed by atoms with van der Waals surface area (Å²) < 4.78 is 285. The van der Waals surface area contributed by atoms with Gasteiger partial charge in [-0.1, -0.05) is 0 Å². The van der Waals surface area contributed by atoms with Crippen molar-refractivity contribution in [2.45, 2.75) is 59.7 Å². The zero-order valence-electron chi connectivity index (χ0n) is 14.2. The van der Waals surface area contributed by atoms with Crippen LogP contribution in [0.5, 0.6) is 0 Å². The molecule has 0 aliphatic rings. The second-order valence-electron chi connectivity index (χ2n) is 5.59. The third-order valence-electron chi connectivity index (χ3n) is 3.47. The Kier molecular flexibility index (Phi) is 8.64. The molecule has 0 saturated heterocycles. The highest BCUT2D eigenvalue weighted by molar-refractivity contribution is 5.17. The Morgan fingerprint density at radius 1 is 0.206 bits per heavy atom. The zero-order chi connectivity index (χ0) is 29.0. The van der Waals surface area contributed by atoms with Crippen molar-refractivity contribution in [3.8, 4) is 0 Å². The van der Waals surface area contributed by atoms with Gasteiger partial charge in [-0.25, -0.2) is 4.39 Å². The second-order valence-corrected chi connectivity index (χ2v) is 5.59. The van der Waals surface area contributed by atoms with Crippen molar-refractivity contribution < 1.29 is 101 Å². The molecule has 0 nitrogen and oxygen atoms in total. The fourth-order valence-corrected chi connectivity index (χ4v) is 1.54. The van der Waals surface area contributed by atoms with Crippen LogP contribution < -0.4 is 0 Å². The van der Waals surface area contributed by atoms with Gasteiger partial charge >= 0.3 is 59.7 Å². The Hall–Kier alpha value is -1.61. The van der Waals surface area contributed by atoms with Gasteiger partial charge in [0.05, 0.1) is 0 Å². The molecule has 0 fully saturated rings. The van der Waals surface area contributed by atoms with Crippen molar-refractivity contribution in [2.24, 2.45) is 0 Å². The number of alkyl halides is 22. The molecule has 3 radical (unpaired) electrons. The van der Waals surface area contributed by atoms with E-state index < -0.39 is 59.7 Å². The Morgan fingerprint density at radius 3 is 0.382 bits per heavy atom. The summed E-state index contributed by atoms with van der Waals surface area (Å²) in [5.74, 6) is -71.5. The van der Waals surface area contributed by atoms with E-state index >= 15 is 0 Å². The fraction of sp³-hybridized carbons (Fsp3) is 0.909. The molecule has 0 atom stereocenters. The average molecular weight is 569 g/mol. The Bertz CT molecular complexity index is 629. The van der Waals surface area contributed by atoms with Crippen LogP contribution in [0.4, 0.5) is 101 Å². The van der Waals surface area contributed by atoms with Gasteiger partial charge in [0.1, 0.15) is 0 Å². The summed E-state index contributed by atoms with van der Waals surface area (Å²) in [6.45, 7) is 0. The van der Waals surface area contributed by atoms with Crippen LogP contribution in [0.25, 0.3) is 0 Å². The molecule has 0 rings (SSSR count). The molecule has 0 aromatic carbocycles. The first-order chi connectivity index (χ1) is 14.2. The highest BCUT2D eigenvalue weighted by atomic mass is 19.4. The maximum atomic E-state index is 13.1. The van der Waals surface area contributed by atoms with Gasteiger partial charge in [-0.2, -0.15) is 96.6 Å². The standard InChI is InChI=1S/C10F22.CF/c11-1(12,3(15,16)5(19,20)7(23,24)9(27,28)29)2(13,14)4(17,18)6(21,22)8(25,26)10(30,31)32;1-2. The predicted octanol–water partition coefficient (Wildman–Crippen LogP) is 7.69. The molecule has 0 saturated carbocycles. The van der Waals surface area contributed by atoms with E-state index in [1.165, 1.54) is 0 Å². The van der Waals surface area contributed by atoms with E-state index in [0.717, 1.165) is 0 Å². The number of rotatable bonds is 7. The zero-order valence-corrected chi connectivity index (χ0v) is 14.2. The lowest BCUT2D eigenvalue weighted by Gasteiger charge is -2.43. The SMILES string of the molecule is FC(F)(F)C(F)(F)C(F)(F)C(F)(F)C(F)(F)C(F)(F)C(F)(F)C(F)(F)C(F)(F)C(F)(F)F.[C]F. The van der Waals surface area contributed by atoms with Gasteiger partial charge in [0.2, 0.25) is 7.18 Å². The molecule has 0 heterocycles. The molecule has 0 amide bonds. The molecule has 0 spiro atoms. The number of hydrogen-bond donors (Lipinski definition) is 0. The van der Waals surface area contributed by atoms with E-state index in [9.17, 15) is 96.6 Å². The first-order valence-corrected chi connectivity index (χ1v) is 6.60. The van der Waals surface area contributed by atoms with Crippen LogP contribution in [-0.2, 0) is 0 Å². The molecule has 0 aromatic rings. The van der Waals surface area contributed by atoms with Crippen LogP contribution >= 0.6 is 0 Å². The predicted molar refractivity (Wildman–Crippen MR) is 56.0 cm³/mol. The minimum Gasteiger partial charge on any atom is -0.232 e. The summed E-state index contributed by atoms with van der Waals surface area (Å²) in [7, 11) is 4.25. The summed E-state index contributed by atoms with van der Waals surface area (Å²) in [4.78, 5) is 0. The van der Waals surface area contributed by atoms with Crippen LogP contribution in [0.3, 0.4) is 0 Å². The summed E-state index contributed by atoms with van der Waals surface area (Å²) >= 11 is 0. The van der Waals surface area contributed by atoms with Crippen LogP contribution in [0.1, 0.15) is 0 Å². The smallest absolute Gasteiger partial charge is 0.232 e. The highest BCUT2D eigenvalue weighted by Gasteiger charge is 2.98. The minimum atomic E-state index is -9.24. The van der Waals surface area contributed by atoms with Gasteiger partial charge in [-0.15, -0.1) is 0 Å². The lowest BCUT2D eigenvalue weighted by Crippen LogP contribution is -2.76. The Balaban J connectivity index is 0. The van der Waals surface area contributed by atoms with Crippen molar-refractivity contribution in [2.75, 3.05) is 0 Å². The highest BCUT2D eigenvalue weighted by Crippen LogP contribution is 2.66. The monoisotopic (exact) mass is 569 g/mol. The van der Waals surface area contributed by atoms with Crippen LogP contribution in [0, 0.1) is 7.18 Å². The number of hydrogen-bond acceptors (Lipinski definition) is 0. The van der Waals surface area contributed by atoms with E-state index in [0.29, 0.717) is 0 Å². The molecule has 0 unspecified atom stereocenters. The summed E-state index contributed by atoms with van der Waals surface area (Å²) in [6.07, 6.45) is -16.1. The number of halogens is 23. The summed E-state index contributed by atoms with van der Waals surface area (Å²) in [5.41, 5.74) is 0. The van der Waals surface area contributed by atoms with E-state index in [2.05, 4.69) is 7.18 Å². The normalized spacial score (nSPS) is 16.2. The van der Waals surface area contributed by atoms with Gasteiger partial charge in [0.15, 0.2) is 0 Å². The molecular formula is C11F23. The van der Waals surface area contributed by atoms with Crippen molar-refractivity contribution in [1.82, 2.24) is 0 Å². The lowest BCUT2D eigenvalue weighted by molar-refractivity contribution is -0.478. The second kappa shape index (κ2) is 8.50. The first kappa shape index (κ1) is 34.6. The average Bonchev–Trinajstić information content (AvgIpc) is 2.60. The van der Waals surface area contributed by atoms with Crippen molar-refractivity contribution in [1.29, 1.82) is 0 Å². The molecule has 0 aliphatic carbocycles. The third kappa shape index (κ3) is 4.16. The molecule has 34 heavy (non-hydrogen) atoms. The minimum absolute atomic E-state index is 4.25. The van der Waals surface area contributed by atoms with Gasteiger partial charge in [-0.05, 0) is 0 Å². The van der Waals surface area contributed by atoms with Gasteiger partial charge in [-0.3, -0.25) is 0 Å². The summed E-state index contributed by atoms with van der Waals surface area (Å²) in [5, 5.41) is 0. The Labute approximate surface area is 169 Å². The Morgan fingerprint density at radius 2 is 0.294 bits per heavy atom. The largest absolute Gasteiger partial charge is 0.460 e. The first-order valence-electron chi connectivity index (χ1n) is 6.60.